The molecular formula is C18H15F3N4O2. The van der Waals surface area contributed by atoms with E-state index >= 15 is 0 Å². The highest BCUT2D eigenvalue weighted by Crippen LogP contribution is 2.32. The summed E-state index contributed by atoms with van der Waals surface area (Å²) in [4.78, 5) is 25.2. The molecule has 1 aliphatic heterocycles. The van der Waals surface area contributed by atoms with Crippen LogP contribution in [0.1, 0.15) is 22.4 Å². The molecule has 0 aromatic carbocycles. The Kier molecular flexibility index (Phi) is 4.31. The normalized spacial score (nSPS) is 14.9. The van der Waals surface area contributed by atoms with E-state index in [2.05, 4.69) is 15.0 Å². The highest BCUT2D eigenvalue weighted by Gasteiger charge is 2.34. The fourth-order valence-corrected chi connectivity index (χ4v) is 3.22. The first-order chi connectivity index (χ1) is 12.9. The molecule has 0 spiro atoms. The molecule has 0 unspecified atom stereocenters. The van der Waals surface area contributed by atoms with Crippen molar-refractivity contribution >= 4 is 0 Å². The van der Waals surface area contributed by atoms with Crippen LogP contribution in [0.4, 0.5) is 13.2 Å². The summed E-state index contributed by atoms with van der Waals surface area (Å²) >= 11 is 0. The molecule has 0 amide bonds. The van der Waals surface area contributed by atoms with Crippen molar-refractivity contribution in [2.24, 2.45) is 0 Å². The Labute approximate surface area is 151 Å². The lowest BCUT2D eigenvalue weighted by molar-refractivity contribution is -0.138. The Morgan fingerprint density at radius 1 is 1.30 bits per heavy atom. The van der Waals surface area contributed by atoms with Crippen molar-refractivity contribution in [1.29, 1.82) is 0 Å². The minimum Gasteiger partial charge on any atom is -0.461 e. The maximum atomic E-state index is 13.2. The minimum atomic E-state index is -4.44. The number of aromatic amines is 1. The van der Waals surface area contributed by atoms with E-state index in [9.17, 15) is 18.0 Å². The van der Waals surface area contributed by atoms with Crippen molar-refractivity contribution in [3.05, 3.63) is 69.6 Å². The molecule has 0 atom stereocenters. The molecule has 0 saturated carbocycles. The first kappa shape index (κ1) is 17.5. The van der Waals surface area contributed by atoms with E-state index in [1.165, 1.54) is 12.5 Å². The van der Waals surface area contributed by atoms with Gasteiger partial charge in [-0.1, -0.05) is 0 Å². The molecule has 3 aromatic rings. The van der Waals surface area contributed by atoms with Crippen molar-refractivity contribution < 1.29 is 17.6 Å². The van der Waals surface area contributed by atoms with Crippen molar-refractivity contribution in [2.45, 2.75) is 25.7 Å². The number of halogens is 3. The van der Waals surface area contributed by atoms with Crippen LogP contribution in [0.3, 0.4) is 0 Å². The summed E-state index contributed by atoms with van der Waals surface area (Å²) in [7, 11) is 0. The number of furan rings is 1. The number of hydrogen-bond donors (Lipinski definition) is 1. The second-order valence-corrected chi connectivity index (χ2v) is 6.31. The van der Waals surface area contributed by atoms with Gasteiger partial charge in [-0.15, -0.1) is 0 Å². The topological polar surface area (TPSA) is 75.0 Å². The Balaban J connectivity index is 1.59. The lowest BCUT2D eigenvalue weighted by Gasteiger charge is -2.28. The van der Waals surface area contributed by atoms with Crippen LogP contribution in [-0.4, -0.2) is 26.4 Å². The number of H-pyrrole nitrogens is 1. The Hall–Kier alpha value is -2.94. The monoisotopic (exact) mass is 376 g/mol. The molecular weight excluding hydrogens is 361 g/mol. The molecule has 3 aromatic heterocycles. The Bertz CT molecular complexity index is 1010. The van der Waals surface area contributed by atoms with E-state index in [0.717, 1.165) is 12.3 Å². The van der Waals surface area contributed by atoms with Crippen molar-refractivity contribution in [3.63, 3.8) is 0 Å². The van der Waals surface area contributed by atoms with Crippen LogP contribution in [0.2, 0.25) is 0 Å². The van der Waals surface area contributed by atoms with E-state index < -0.39 is 11.7 Å². The summed E-state index contributed by atoms with van der Waals surface area (Å²) < 4.78 is 44.7. The molecule has 140 valence electrons. The molecule has 0 saturated heterocycles. The van der Waals surface area contributed by atoms with Crippen LogP contribution >= 0.6 is 0 Å². The molecule has 4 rings (SSSR count). The third-order valence-corrected chi connectivity index (χ3v) is 4.51. The molecule has 27 heavy (non-hydrogen) atoms. The van der Waals surface area contributed by atoms with Crippen molar-refractivity contribution in [3.8, 4) is 11.6 Å². The fraction of sp³-hybridized carbons (Fsp3) is 0.278. The fourth-order valence-electron chi connectivity index (χ4n) is 3.22. The standard InChI is InChI=1S/C18H15F3N4O2/c19-18(20,21)13-3-5-22-8-11(13)9-25-6-4-14-12(10-25)17(26)24-16(23-14)15-2-1-7-27-15/h1-3,5,7-8H,4,6,9-10H2,(H,23,24,26). The third-order valence-electron chi connectivity index (χ3n) is 4.51. The third kappa shape index (κ3) is 3.50. The van der Waals surface area contributed by atoms with Crippen LogP contribution < -0.4 is 5.56 Å². The Morgan fingerprint density at radius 3 is 2.89 bits per heavy atom. The minimum absolute atomic E-state index is 0.0570. The molecule has 6 nitrogen and oxygen atoms in total. The highest BCUT2D eigenvalue weighted by molar-refractivity contribution is 5.47. The van der Waals surface area contributed by atoms with E-state index in [-0.39, 0.29) is 24.2 Å². The van der Waals surface area contributed by atoms with Gasteiger partial charge in [0, 0.05) is 38.4 Å². The zero-order chi connectivity index (χ0) is 19.0. The first-order valence-corrected chi connectivity index (χ1v) is 8.30. The van der Waals surface area contributed by atoms with Gasteiger partial charge in [-0.3, -0.25) is 14.7 Å². The summed E-state index contributed by atoms with van der Waals surface area (Å²) in [6.07, 6.45) is -0.135. The van der Waals surface area contributed by atoms with Gasteiger partial charge in [-0.2, -0.15) is 13.2 Å². The van der Waals surface area contributed by atoms with Gasteiger partial charge in [0.25, 0.3) is 5.56 Å². The predicted molar refractivity (Wildman–Crippen MR) is 89.6 cm³/mol. The van der Waals surface area contributed by atoms with Gasteiger partial charge in [0.05, 0.1) is 23.1 Å². The van der Waals surface area contributed by atoms with Gasteiger partial charge in [0.1, 0.15) is 0 Å². The number of pyridine rings is 1. The number of nitrogens with one attached hydrogen (secondary N) is 1. The SMILES string of the molecule is O=c1[nH]c(-c2ccco2)nc2c1CN(Cc1cnccc1C(F)(F)F)CC2. The number of nitrogens with zero attached hydrogens (tertiary/aromatic N) is 3. The summed E-state index contributed by atoms with van der Waals surface area (Å²) in [6.45, 7) is 0.775. The number of rotatable bonds is 3. The quantitative estimate of drug-likeness (QED) is 0.761. The first-order valence-electron chi connectivity index (χ1n) is 8.30. The average molecular weight is 376 g/mol. The number of alkyl halides is 3. The molecule has 9 heteroatoms. The summed E-state index contributed by atoms with van der Waals surface area (Å²) in [5.74, 6) is 0.811. The molecule has 4 heterocycles. The molecule has 1 N–H and O–H groups in total. The Morgan fingerprint density at radius 2 is 2.15 bits per heavy atom. The number of hydrogen-bond acceptors (Lipinski definition) is 5. The van der Waals surface area contributed by atoms with Gasteiger partial charge < -0.3 is 9.40 Å². The van der Waals surface area contributed by atoms with Gasteiger partial charge in [-0.05, 0) is 23.8 Å². The zero-order valence-electron chi connectivity index (χ0n) is 14.1. The van der Waals surface area contributed by atoms with Crippen LogP contribution in [-0.2, 0) is 25.7 Å². The van der Waals surface area contributed by atoms with Crippen molar-refractivity contribution in [2.75, 3.05) is 6.54 Å². The number of aromatic nitrogens is 3. The molecule has 0 fully saturated rings. The van der Waals surface area contributed by atoms with Crippen LogP contribution in [0.5, 0.6) is 0 Å². The zero-order valence-corrected chi connectivity index (χ0v) is 14.1. The summed E-state index contributed by atoms with van der Waals surface area (Å²) in [6, 6.07) is 4.36. The van der Waals surface area contributed by atoms with Crippen LogP contribution in [0.15, 0.2) is 46.1 Å². The van der Waals surface area contributed by atoms with Gasteiger partial charge in [0.2, 0.25) is 0 Å². The van der Waals surface area contributed by atoms with E-state index in [1.807, 2.05) is 0 Å². The lowest BCUT2D eigenvalue weighted by atomic mass is 10.0. The second kappa shape index (κ2) is 6.66. The van der Waals surface area contributed by atoms with E-state index in [1.54, 1.807) is 17.0 Å². The number of fused-ring (bicyclic) bond motifs is 1. The smallest absolute Gasteiger partial charge is 0.416 e. The molecule has 0 bridgehead atoms. The lowest BCUT2D eigenvalue weighted by Crippen LogP contribution is -2.36. The average Bonchev–Trinajstić information content (AvgIpc) is 3.16. The van der Waals surface area contributed by atoms with Crippen LogP contribution in [0.25, 0.3) is 11.6 Å². The van der Waals surface area contributed by atoms with Gasteiger partial charge in [-0.25, -0.2) is 4.98 Å². The summed E-state index contributed by atoms with van der Waals surface area (Å²) in [5, 5.41) is 0. The van der Waals surface area contributed by atoms with Gasteiger partial charge in [0.15, 0.2) is 11.6 Å². The van der Waals surface area contributed by atoms with E-state index in [0.29, 0.717) is 35.8 Å². The molecule has 0 radical (unpaired) electrons. The maximum Gasteiger partial charge on any atom is 0.416 e. The largest absolute Gasteiger partial charge is 0.461 e. The summed E-state index contributed by atoms with van der Waals surface area (Å²) in [5.41, 5.74) is 0.185. The van der Waals surface area contributed by atoms with E-state index in [4.69, 9.17) is 4.42 Å². The maximum absolute atomic E-state index is 13.2. The molecule has 1 aliphatic rings. The molecule has 0 aliphatic carbocycles. The van der Waals surface area contributed by atoms with Gasteiger partial charge >= 0.3 is 6.18 Å². The van der Waals surface area contributed by atoms with Crippen molar-refractivity contribution in [1.82, 2.24) is 19.9 Å². The second-order valence-electron chi connectivity index (χ2n) is 6.31. The van der Waals surface area contributed by atoms with Crippen LogP contribution in [0, 0.1) is 0 Å². The highest BCUT2D eigenvalue weighted by atomic mass is 19.4. The predicted octanol–water partition coefficient (Wildman–Crippen LogP) is 3.00.